The summed E-state index contributed by atoms with van der Waals surface area (Å²) in [4.78, 5) is 47.1. The van der Waals surface area contributed by atoms with Gasteiger partial charge >= 0.3 is 5.97 Å². The van der Waals surface area contributed by atoms with Crippen molar-refractivity contribution in [3.63, 3.8) is 0 Å². The first kappa shape index (κ1) is 17.2. The molecular formula is C17H11FN2O6. The van der Waals surface area contributed by atoms with Gasteiger partial charge in [0.25, 0.3) is 17.5 Å². The van der Waals surface area contributed by atoms with Crippen molar-refractivity contribution in [2.24, 2.45) is 0 Å². The number of carbonyl (C=O) groups excluding carboxylic acids is 3. The number of halogens is 1. The molecule has 2 amide bonds. The molecule has 26 heavy (non-hydrogen) atoms. The smallest absolute Gasteiger partial charge is 0.326 e. The van der Waals surface area contributed by atoms with Gasteiger partial charge in [0.2, 0.25) is 0 Å². The summed E-state index contributed by atoms with van der Waals surface area (Å²) in [6.45, 7) is -1.02. The Labute approximate surface area is 145 Å². The zero-order valence-corrected chi connectivity index (χ0v) is 13.2. The average Bonchev–Trinajstić information content (AvgIpc) is 2.85. The molecule has 0 fully saturated rings. The molecule has 132 valence electrons. The van der Waals surface area contributed by atoms with Crippen LogP contribution in [0.1, 0.15) is 26.3 Å². The molecule has 0 N–H and O–H groups in total. The number of rotatable bonds is 5. The molecule has 1 aliphatic rings. The minimum Gasteiger partial charge on any atom is -0.459 e. The van der Waals surface area contributed by atoms with Crippen molar-refractivity contribution in [2.75, 3.05) is 6.54 Å². The van der Waals surface area contributed by atoms with Crippen LogP contribution in [-0.4, -0.2) is 34.2 Å². The third-order valence-electron chi connectivity index (χ3n) is 3.80. The highest BCUT2D eigenvalue weighted by Gasteiger charge is 2.38. The van der Waals surface area contributed by atoms with Gasteiger partial charge < -0.3 is 4.74 Å². The Morgan fingerprint density at radius 2 is 1.81 bits per heavy atom. The van der Waals surface area contributed by atoms with Crippen LogP contribution < -0.4 is 0 Å². The van der Waals surface area contributed by atoms with Crippen LogP contribution in [0.5, 0.6) is 0 Å². The lowest BCUT2D eigenvalue weighted by molar-refractivity contribution is -0.384. The van der Waals surface area contributed by atoms with Crippen molar-refractivity contribution in [3.05, 3.63) is 75.1 Å². The molecule has 0 saturated carbocycles. The van der Waals surface area contributed by atoms with Gasteiger partial charge in [-0.05, 0) is 12.1 Å². The number of nitrogens with zero attached hydrogens (tertiary/aromatic N) is 2. The lowest BCUT2D eigenvalue weighted by Gasteiger charge is -2.13. The summed E-state index contributed by atoms with van der Waals surface area (Å²) in [5, 5.41) is 10.8. The molecule has 0 bridgehead atoms. The molecule has 0 aliphatic carbocycles. The van der Waals surface area contributed by atoms with E-state index in [0.717, 1.165) is 12.1 Å². The fourth-order valence-corrected chi connectivity index (χ4v) is 2.48. The van der Waals surface area contributed by atoms with Gasteiger partial charge in [-0.1, -0.05) is 18.2 Å². The van der Waals surface area contributed by atoms with E-state index in [1.54, 1.807) is 6.07 Å². The molecule has 3 rings (SSSR count). The Hall–Kier alpha value is -3.62. The molecule has 1 heterocycles. The van der Waals surface area contributed by atoms with Gasteiger partial charge in [-0.2, -0.15) is 0 Å². The summed E-state index contributed by atoms with van der Waals surface area (Å²) in [5.41, 5.74) is -0.360. The van der Waals surface area contributed by atoms with Crippen LogP contribution in [0.2, 0.25) is 0 Å². The minimum atomic E-state index is -0.905. The lowest BCUT2D eigenvalue weighted by Crippen LogP contribution is -2.35. The Morgan fingerprint density at radius 1 is 1.12 bits per heavy atom. The Morgan fingerprint density at radius 3 is 2.50 bits per heavy atom. The highest BCUT2D eigenvalue weighted by molar-refractivity contribution is 6.22. The van der Waals surface area contributed by atoms with Gasteiger partial charge in [0.1, 0.15) is 19.0 Å². The fraction of sp³-hybridized carbons (Fsp3) is 0.118. The second-order valence-corrected chi connectivity index (χ2v) is 5.44. The Balaban J connectivity index is 1.69. The summed E-state index contributed by atoms with van der Waals surface area (Å²) in [6, 6.07) is 8.95. The Bertz CT molecular complexity index is 943. The monoisotopic (exact) mass is 358 g/mol. The average molecular weight is 358 g/mol. The molecule has 0 atom stereocenters. The number of hydrogen-bond acceptors (Lipinski definition) is 6. The highest BCUT2D eigenvalue weighted by Crippen LogP contribution is 2.26. The number of hydrogen-bond donors (Lipinski definition) is 0. The Kier molecular flexibility index (Phi) is 4.44. The second-order valence-electron chi connectivity index (χ2n) is 5.44. The van der Waals surface area contributed by atoms with Crippen molar-refractivity contribution < 1.29 is 28.4 Å². The molecule has 0 saturated heterocycles. The number of nitro benzene ring substituents is 1. The molecule has 0 spiro atoms. The first-order valence-corrected chi connectivity index (χ1v) is 7.42. The molecule has 0 aromatic heterocycles. The van der Waals surface area contributed by atoms with E-state index in [4.69, 9.17) is 4.74 Å². The van der Waals surface area contributed by atoms with Gasteiger partial charge in [0.15, 0.2) is 0 Å². The van der Waals surface area contributed by atoms with E-state index in [9.17, 15) is 28.9 Å². The SMILES string of the molecule is O=C(CN1C(=O)c2ccc([N+](=O)[O-])cc2C1=O)OCc1ccccc1F. The largest absolute Gasteiger partial charge is 0.459 e. The van der Waals surface area contributed by atoms with E-state index < -0.39 is 35.1 Å². The topological polar surface area (TPSA) is 107 Å². The van der Waals surface area contributed by atoms with Crippen molar-refractivity contribution in [1.82, 2.24) is 4.90 Å². The number of carbonyl (C=O) groups is 3. The summed E-state index contributed by atoms with van der Waals surface area (Å²) in [6.07, 6.45) is 0. The number of nitro groups is 1. The summed E-state index contributed by atoms with van der Waals surface area (Å²) < 4.78 is 18.4. The van der Waals surface area contributed by atoms with Crippen LogP contribution in [0, 0.1) is 15.9 Å². The predicted octanol–water partition coefficient (Wildman–Crippen LogP) is 2.07. The van der Waals surface area contributed by atoms with E-state index in [2.05, 4.69) is 0 Å². The van der Waals surface area contributed by atoms with Crippen LogP contribution in [0.15, 0.2) is 42.5 Å². The summed E-state index contributed by atoms with van der Waals surface area (Å²) in [5.74, 6) is -3.02. The zero-order valence-electron chi connectivity index (χ0n) is 13.2. The van der Waals surface area contributed by atoms with Crippen molar-refractivity contribution in [2.45, 2.75) is 6.61 Å². The first-order chi connectivity index (χ1) is 12.4. The summed E-state index contributed by atoms with van der Waals surface area (Å²) in [7, 11) is 0. The van der Waals surface area contributed by atoms with Crippen LogP contribution in [0.3, 0.4) is 0 Å². The molecule has 2 aromatic rings. The van der Waals surface area contributed by atoms with Gasteiger partial charge in [-0.25, -0.2) is 4.39 Å². The summed E-state index contributed by atoms with van der Waals surface area (Å²) >= 11 is 0. The first-order valence-electron chi connectivity index (χ1n) is 7.42. The van der Waals surface area contributed by atoms with Crippen LogP contribution in [0.4, 0.5) is 10.1 Å². The highest BCUT2D eigenvalue weighted by atomic mass is 19.1. The molecule has 0 unspecified atom stereocenters. The van der Waals surface area contributed by atoms with Crippen molar-refractivity contribution in [1.29, 1.82) is 0 Å². The molecular weight excluding hydrogens is 347 g/mol. The number of fused-ring (bicyclic) bond motifs is 1. The van der Waals surface area contributed by atoms with Crippen LogP contribution in [-0.2, 0) is 16.1 Å². The predicted molar refractivity (Wildman–Crippen MR) is 84.7 cm³/mol. The minimum absolute atomic E-state index is 0.0255. The normalized spacial score (nSPS) is 12.9. The number of ether oxygens (including phenoxy) is 1. The molecule has 1 aliphatic heterocycles. The van der Waals surface area contributed by atoms with E-state index in [-0.39, 0.29) is 29.0 Å². The number of benzene rings is 2. The fourth-order valence-electron chi connectivity index (χ4n) is 2.48. The second kappa shape index (κ2) is 6.71. The van der Waals surface area contributed by atoms with Gasteiger partial charge in [-0.3, -0.25) is 29.4 Å². The standard InChI is InChI=1S/C17H11FN2O6/c18-14-4-2-1-3-10(14)9-26-15(21)8-19-16(22)12-6-5-11(20(24)25)7-13(12)17(19)23/h1-7H,8-9H2. The van der Waals surface area contributed by atoms with Crippen molar-refractivity contribution in [3.8, 4) is 0 Å². The lowest BCUT2D eigenvalue weighted by atomic mass is 10.1. The maximum Gasteiger partial charge on any atom is 0.326 e. The number of esters is 1. The van der Waals surface area contributed by atoms with Gasteiger partial charge in [-0.15, -0.1) is 0 Å². The van der Waals surface area contributed by atoms with E-state index in [0.29, 0.717) is 4.90 Å². The van der Waals surface area contributed by atoms with E-state index in [1.807, 2.05) is 0 Å². The zero-order chi connectivity index (χ0) is 18.8. The van der Waals surface area contributed by atoms with Crippen molar-refractivity contribution >= 4 is 23.5 Å². The van der Waals surface area contributed by atoms with E-state index in [1.165, 1.54) is 24.3 Å². The molecule has 2 aromatic carbocycles. The van der Waals surface area contributed by atoms with E-state index >= 15 is 0 Å². The number of non-ortho nitro benzene ring substituents is 1. The van der Waals surface area contributed by atoms with Gasteiger partial charge in [0.05, 0.1) is 16.1 Å². The molecule has 9 heteroatoms. The van der Waals surface area contributed by atoms with Gasteiger partial charge in [0, 0.05) is 17.7 Å². The molecule has 0 radical (unpaired) electrons. The van der Waals surface area contributed by atoms with Crippen LogP contribution >= 0.6 is 0 Å². The molecule has 8 nitrogen and oxygen atoms in total. The maximum absolute atomic E-state index is 13.5. The maximum atomic E-state index is 13.5. The number of amides is 2. The number of imide groups is 1. The third-order valence-corrected chi connectivity index (χ3v) is 3.80. The third kappa shape index (κ3) is 3.14. The quantitative estimate of drug-likeness (QED) is 0.350. The van der Waals surface area contributed by atoms with Crippen LogP contribution in [0.25, 0.3) is 0 Å².